The third-order valence-electron chi connectivity index (χ3n) is 3.77. The van der Waals surface area contributed by atoms with Crippen LogP contribution < -0.4 is 10.1 Å². The van der Waals surface area contributed by atoms with E-state index in [1.165, 1.54) is 23.8 Å². The number of methoxy groups -OCH3 is 1. The average molecular weight is 338 g/mol. The van der Waals surface area contributed by atoms with E-state index in [2.05, 4.69) is 34.2 Å². The number of hydrogen-bond acceptors (Lipinski definition) is 3. The number of halogens is 1. The van der Waals surface area contributed by atoms with E-state index in [1.54, 1.807) is 7.11 Å². The van der Waals surface area contributed by atoms with Crippen molar-refractivity contribution in [2.24, 2.45) is 0 Å². The molecule has 1 saturated carbocycles. The smallest absolute Gasteiger partial charge is 0.149 e. The van der Waals surface area contributed by atoms with Crippen LogP contribution in [0.1, 0.15) is 37.5 Å². The number of hydrogen-bond donors (Lipinski definition) is 1. The molecule has 1 aromatic carbocycles. The molecule has 1 aliphatic carbocycles. The van der Waals surface area contributed by atoms with Gasteiger partial charge in [0.25, 0.3) is 0 Å². The van der Waals surface area contributed by atoms with Crippen molar-refractivity contribution < 1.29 is 9.15 Å². The van der Waals surface area contributed by atoms with Crippen LogP contribution in [0.3, 0.4) is 0 Å². The van der Waals surface area contributed by atoms with Gasteiger partial charge in [-0.3, -0.25) is 0 Å². The summed E-state index contributed by atoms with van der Waals surface area (Å²) in [5.74, 6) is 1.94. The maximum absolute atomic E-state index is 6.10. The average Bonchev–Trinajstić information content (AvgIpc) is 3.21. The molecule has 0 atom stereocenters. The van der Waals surface area contributed by atoms with Gasteiger partial charge in [0, 0.05) is 17.0 Å². The standard InChI is InChI=1S/C16H20BrNO2/c1-3-4-12-13-7-11(19-2)8-14(17)16(13)20-15(12)9-18-10-5-6-10/h7-8,10,18H,3-6,9H2,1-2H3. The Morgan fingerprint density at radius 2 is 2.20 bits per heavy atom. The molecule has 1 fully saturated rings. The fraction of sp³-hybridized carbons (Fsp3) is 0.500. The first kappa shape index (κ1) is 14.0. The largest absolute Gasteiger partial charge is 0.497 e. The highest BCUT2D eigenvalue weighted by Crippen LogP contribution is 2.36. The van der Waals surface area contributed by atoms with Crippen LogP contribution in [0.25, 0.3) is 11.0 Å². The molecule has 0 saturated heterocycles. The van der Waals surface area contributed by atoms with Crippen molar-refractivity contribution in [1.82, 2.24) is 5.32 Å². The molecule has 3 nitrogen and oxygen atoms in total. The summed E-state index contributed by atoms with van der Waals surface area (Å²) in [5, 5.41) is 4.71. The molecule has 3 rings (SSSR count). The number of rotatable bonds is 6. The van der Waals surface area contributed by atoms with Crippen LogP contribution in [-0.4, -0.2) is 13.2 Å². The molecule has 0 unspecified atom stereocenters. The summed E-state index contributed by atoms with van der Waals surface area (Å²) in [4.78, 5) is 0. The number of benzene rings is 1. The SMILES string of the molecule is CCCc1c(CNC2CC2)oc2c(Br)cc(OC)cc12. The number of furan rings is 1. The quantitative estimate of drug-likeness (QED) is 0.847. The fourth-order valence-electron chi connectivity index (χ4n) is 2.54. The van der Waals surface area contributed by atoms with E-state index in [4.69, 9.17) is 9.15 Å². The first-order valence-electron chi connectivity index (χ1n) is 7.24. The van der Waals surface area contributed by atoms with Crippen LogP contribution in [0.5, 0.6) is 5.75 Å². The highest BCUT2D eigenvalue weighted by atomic mass is 79.9. The fourth-order valence-corrected chi connectivity index (χ4v) is 3.06. The van der Waals surface area contributed by atoms with Crippen LogP contribution in [0, 0.1) is 0 Å². The number of nitrogens with one attached hydrogen (secondary N) is 1. The Kier molecular flexibility index (Phi) is 4.03. The normalized spacial score (nSPS) is 14.9. The summed E-state index contributed by atoms with van der Waals surface area (Å²) in [6.07, 6.45) is 4.73. The molecule has 0 radical (unpaired) electrons. The lowest BCUT2D eigenvalue weighted by molar-refractivity contribution is 0.415. The maximum Gasteiger partial charge on any atom is 0.149 e. The van der Waals surface area contributed by atoms with Crippen molar-refractivity contribution in [2.45, 2.75) is 45.2 Å². The van der Waals surface area contributed by atoms with Crippen LogP contribution in [0.4, 0.5) is 0 Å². The Bertz CT molecular complexity index is 616. The predicted octanol–water partition coefficient (Wildman–Crippen LogP) is 4.41. The molecule has 0 aliphatic heterocycles. The number of fused-ring (bicyclic) bond motifs is 1. The molecule has 1 heterocycles. The van der Waals surface area contributed by atoms with Gasteiger partial charge >= 0.3 is 0 Å². The van der Waals surface area contributed by atoms with E-state index in [1.807, 2.05) is 6.07 Å². The van der Waals surface area contributed by atoms with Crippen molar-refractivity contribution in [3.8, 4) is 5.75 Å². The van der Waals surface area contributed by atoms with E-state index in [-0.39, 0.29) is 0 Å². The minimum Gasteiger partial charge on any atom is -0.497 e. The Morgan fingerprint density at radius 1 is 1.40 bits per heavy atom. The van der Waals surface area contributed by atoms with E-state index in [0.717, 1.165) is 41.0 Å². The Labute approximate surface area is 127 Å². The second-order valence-corrected chi connectivity index (χ2v) is 6.25. The van der Waals surface area contributed by atoms with Crippen LogP contribution in [0.2, 0.25) is 0 Å². The van der Waals surface area contributed by atoms with Gasteiger partial charge in [0.15, 0.2) is 0 Å². The molecule has 1 aromatic heterocycles. The first-order valence-corrected chi connectivity index (χ1v) is 8.03. The second kappa shape index (κ2) is 5.78. The zero-order valence-corrected chi connectivity index (χ0v) is 13.5. The summed E-state index contributed by atoms with van der Waals surface area (Å²) in [5.41, 5.74) is 2.25. The Morgan fingerprint density at radius 3 is 2.85 bits per heavy atom. The molecular weight excluding hydrogens is 318 g/mol. The third-order valence-corrected chi connectivity index (χ3v) is 4.36. The lowest BCUT2D eigenvalue weighted by atomic mass is 10.1. The zero-order chi connectivity index (χ0) is 14.1. The molecular formula is C16H20BrNO2. The maximum atomic E-state index is 6.10. The van der Waals surface area contributed by atoms with Crippen molar-refractivity contribution in [3.63, 3.8) is 0 Å². The molecule has 1 N–H and O–H groups in total. The van der Waals surface area contributed by atoms with Gasteiger partial charge in [-0.25, -0.2) is 0 Å². The van der Waals surface area contributed by atoms with E-state index < -0.39 is 0 Å². The minimum atomic E-state index is 0.690. The summed E-state index contributed by atoms with van der Waals surface area (Å²) < 4.78 is 12.4. The summed E-state index contributed by atoms with van der Waals surface area (Å²) in [6, 6.07) is 4.73. The van der Waals surface area contributed by atoms with Crippen molar-refractivity contribution in [2.75, 3.05) is 7.11 Å². The van der Waals surface area contributed by atoms with Gasteiger partial charge in [-0.1, -0.05) is 13.3 Å². The molecule has 4 heteroatoms. The zero-order valence-electron chi connectivity index (χ0n) is 12.0. The van der Waals surface area contributed by atoms with E-state index in [0.29, 0.717) is 6.04 Å². The minimum absolute atomic E-state index is 0.690. The van der Waals surface area contributed by atoms with E-state index >= 15 is 0 Å². The van der Waals surface area contributed by atoms with Gasteiger partial charge in [0.2, 0.25) is 0 Å². The second-order valence-electron chi connectivity index (χ2n) is 5.39. The van der Waals surface area contributed by atoms with E-state index in [9.17, 15) is 0 Å². The topological polar surface area (TPSA) is 34.4 Å². The number of ether oxygens (including phenoxy) is 1. The highest BCUT2D eigenvalue weighted by molar-refractivity contribution is 9.10. The van der Waals surface area contributed by atoms with Crippen LogP contribution in [0.15, 0.2) is 21.0 Å². The molecule has 0 bridgehead atoms. The van der Waals surface area contributed by atoms with Crippen LogP contribution >= 0.6 is 15.9 Å². The molecule has 2 aromatic rings. The summed E-state index contributed by atoms with van der Waals surface area (Å²) >= 11 is 3.59. The van der Waals surface area contributed by atoms with Gasteiger partial charge in [-0.15, -0.1) is 0 Å². The summed E-state index contributed by atoms with van der Waals surface area (Å²) in [6.45, 7) is 3.02. The van der Waals surface area contributed by atoms with Gasteiger partial charge < -0.3 is 14.5 Å². The van der Waals surface area contributed by atoms with Gasteiger partial charge in [-0.2, -0.15) is 0 Å². The molecule has 0 amide bonds. The first-order chi connectivity index (χ1) is 9.72. The molecule has 1 aliphatic rings. The lowest BCUT2D eigenvalue weighted by Gasteiger charge is -2.03. The molecule has 20 heavy (non-hydrogen) atoms. The highest BCUT2D eigenvalue weighted by Gasteiger charge is 2.23. The monoisotopic (exact) mass is 337 g/mol. The predicted molar refractivity (Wildman–Crippen MR) is 84.3 cm³/mol. The van der Waals surface area contributed by atoms with Crippen molar-refractivity contribution >= 4 is 26.9 Å². The van der Waals surface area contributed by atoms with Crippen molar-refractivity contribution in [1.29, 1.82) is 0 Å². The molecule has 0 spiro atoms. The number of aryl methyl sites for hydroxylation is 1. The summed E-state index contributed by atoms with van der Waals surface area (Å²) in [7, 11) is 1.70. The van der Waals surface area contributed by atoms with Gasteiger partial charge in [0.1, 0.15) is 17.1 Å². The Hall–Kier alpha value is -1.00. The van der Waals surface area contributed by atoms with Gasteiger partial charge in [0.05, 0.1) is 18.1 Å². The Balaban J connectivity index is 2.03. The van der Waals surface area contributed by atoms with Crippen LogP contribution in [-0.2, 0) is 13.0 Å². The lowest BCUT2D eigenvalue weighted by Crippen LogP contribution is -2.15. The molecule has 108 valence electrons. The van der Waals surface area contributed by atoms with Gasteiger partial charge in [-0.05, 0) is 47.3 Å². The third kappa shape index (κ3) is 2.72. The van der Waals surface area contributed by atoms with Crippen molar-refractivity contribution in [3.05, 3.63) is 27.9 Å².